The molecule has 0 aliphatic heterocycles. The molecule has 1 aromatic rings. The molecule has 0 atom stereocenters. The van der Waals surface area contributed by atoms with Gasteiger partial charge in [-0.15, -0.1) is 0 Å². The summed E-state index contributed by atoms with van der Waals surface area (Å²) in [5.41, 5.74) is 1.11. The number of carbonyl (C=O) groups is 1. The molecule has 1 rings (SSSR count). The Morgan fingerprint density at radius 2 is 1.67 bits per heavy atom. The first-order valence-electron chi connectivity index (χ1n) is 5.59. The second-order valence-electron chi connectivity index (χ2n) is 3.57. The van der Waals surface area contributed by atoms with Gasteiger partial charge in [-0.1, -0.05) is 37.3 Å². The summed E-state index contributed by atoms with van der Waals surface area (Å²) in [5, 5.41) is 24.0. The maximum atomic E-state index is 11.0. The van der Waals surface area contributed by atoms with E-state index in [1.807, 2.05) is 37.3 Å². The van der Waals surface area contributed by atoms with E-state index in [0.717, 1.165) is 5.56 Å². The van der Waals surface area contributed by atoms with Crippen molar-refractivity contribution in [1.82, 2.24) is 0 Å². The first-order chi connectivity index (χ1) is 8.13. The van der Waals surface area contributed by atoms with Gasteiger partial charge in [0, 0.05) is 12.8 Å². The van der Waals surface area contributed by atoms with Crippen molar-refractivity contribution in [2.75, 3.05) is 13.2 Å². The van der Waals surface area contributed by atoms with Crippen LogP contribution in [0.15, 0.2) is 30.3 Å². The summed E-state index contributed by atoms with van der Waals surface area (Å²) in [4.78, 5) is 11.0. The number of aliphatic hydroxyl groups is 3. The predicted molar refractivity (Wildman–Crippen MR) is 72.8 cm³/mol. The van der Waals surface area contributed by atoms with Gasteiger partial charge < -0.3 is 15.3 Å². The summed E-state index contributed by atoms with van der Waals surface area (Å²) < 4.78 is 0. The van der Waals surface area contributed by atoms with E-state index in [9.17, 15) is 4.79 Å². The Morgan fingerprint density at radius 1 is 1.17 bits per heavy atom. The van der Waals surface area contributed by atoms with E-state index < -0.39 is 6.10 Å². The summed E-state index contributed by atoms with van der Waals surface area (Å²) in [6.07, 6.45) is 0.261. The van der Waals surface area contributed by atoms with Gasteiger partial charge in [0.15, 0.2) is 0 Å². The third-order valence-corrected chi connectivity index (χ3v) is 2.06. The van der Waals surface area contributed by atoms with Crippen LogP contribution in [0.5, 0.6) is 0 Å². The normalized spacial score (nSPS) is 9.17. The number of rotatable bonds is 5. The fourth-order valence-corrected chi connectivity index (χ4v) is 1.01. The molecule has 0 spiro atoms. The SMILES string of the molecule is CCC(=O)Cc1ccccc1.OCC(O)CO.[NaH]. The summed E-state index contributed by atoms with van der Waals surface area (Å²) in [5.74, 6) is 0.302. The zero-order chi connectivity index (χ0) is 13.1. The van der Waals surface area contributed by atoms with E-state index in [1.54, 1.807) is 0 Å². The number of hydrogen-bond donors (Lipinski definition) is 3. The fraction of sp³-hybridized carbons (Fsp3) is 0.462. The summed E-state index contributed by atoms with van der Waals surface area (Å²) >= 11 is 0. The molecular formula is C13H21NaO4. The molecule has 5 heteroatoms. The molecule has 0 aliphatic rings. The van der Waals surface area contributed by atoms with Crippen LogP contribution in [0.1, 0.15) is 18.9 Å². The average molecular weight is 264 g/mol. The third-order valence-electron chi connectivity index (χ3n) is 2.06. The number of carbonyl (C=O) groups excluding carboxylic acids is 1. The van der Waals surface area contributed by atoms with Crippen molar-refractivity contribution in [3.63, 3.8) is 0 Å². The van der Waals surface area contributed by atoms with Crippen LogP contribution >= 0.6 is 0 Å². The predicted octanol–water partition coefficient (Wildman–Crippen LogP) is -0.108. The van der Waals surface area contributed by atoms with Gasteiger partial charge in [0.1, 0.15) is 11.9 Å². The molecule has 18 heavy (non-hydrogen) atoms. The second-order valence-corrected chi connectivity index (χ2v) is 3.57. The molecule has 0 aliphatic carbocycles. The Kier molecular flexibility index (Phi) is 14.7. The number of hydrogen-bond acceptors (Lipinski definition) is 4. The number of Topliss-reactive ketones (excluding diaryl/α,β-unsaturated/α-hetero) is 1. The standard InChI is InChI=1S/C10H12O.C3H8O3.Na.H/c1-2-10(11)8-9-6-4-3-5-7-9;4-1-3(6)2-5;;/h3-7H,2,8H2,1H3;3-6H,1-2H2;;. The van der Waals surface area contributed by atoms with Crippen molar-refractivity contribution < 1.29 is 20.1 Å². The number of ketones is 1. The quantitative estimate of drug-likeness (QED) is 0.649. The Labute approximate surface area is 130 Å². The summed E-state index contributed by atoms with van der Waals surface area (Å²) in [6.45, 7) is 1.16. The Morgan fingerprint density at radius 3 is 2.00 bits per heavy atom. The van der Waals surface area contributed by atoms with Gasteiger partial charge in [0.2, 0.25) is 0 Å². The topological polar surface area (TPSA) is 77.8 Å². The molecule has 3 N–H and O–H groups in total. The average Bonchev–Trinajstić information content (AvgIpc) is 2.39. The van der Waals surface area contributed by atoms with Gasteiger partial charge in [-0.05, 0) is 5.56 Å². The van der Waals surface area contributed by atoms with Crippen LogP contribution in [0, 0.1) is 0 Å². The van der Waals surface area contributed by atoms with Gasteiger partial charge in [0.05, 0.1) is 13.2 Å². The van der Waals surface area contributed by atoms with Crippen molar-refractivity contribution in [2.45, 2.75) is 25.9 Å². The van der Waals surface area contributed by atoms with E-state index in [-0.39, 0.29) is 42.8 Å². The van der Waals surface area contributed by atoms with E-state index in [1.165, 1.54) is 0 Å². The fourth-order valence-electron chi connectivity index (χ4n) is 1.01. The molecule has 0 heterocycles. The minimum atomic E-state index is -0.954. The van der Waals surface area contributed by atoms with Crippen molar-refractivity contribution in [3.8, 4) is 0 Å². The van der Waals surface area contributed by atoms with Crippen LogP contribution in [-0.4, -0.2) is 70.0 Å². The Hall–Kier alpha value is -0.230. The van der Waals surface area contributed by atoms with E-state index >= 15 is 0 Å². The van der Waals surface area contributed by atoms with Crippen LogP contribution in [0.4, 0.5) is 0 Å². The van der Waals surface area contributed by atoms with Crippen LogP contribution < -0.4 is 0 Å². The zero-order valence-corrected chi connectivity index (χ0v) is 10.0. The molecule has 0 saturated heterocycles. The molecule has 0 aromatic heterocycles. The van der Waals surface area contributed by atoms with Gasteiger partial charge >= 0.3 is 29.6 Å². The molecular weight excluding hydrogens is 243 g/mol. The van der Waals surface area contributed by atoms with Crippen LogP contribution in [0.2, 0.25) is 0 Å². The molecule has 4 nitrogen and oxygen atoms in total. The molecule has 0 unspecified atom stereocenters. The van der Waals surface area contributed by atoms with E-state index in [2.05, 4.69) is 0 Å². The first kappa shape index (κ1) is 20.1. The minimum absolute atomic E-state index is 0. The molecule has 98 valence electrons. The molecule has 0 radical (unpaired) electrons. The molecule has 0 saturated carbocycles. The van der Waals surface area contributed by atoms with Crippen molar-refractivity contribution in [3.05, 3.63) is 35.9 Å². The number of benzene rings is 1. The second kappa shape index (κ2) is 13.2. The Bertz CT molecular complexity index is 299. The molecule has 1 aromatic carbocycles. The number of aliphatic hydroxyl groups excluding tert-OH is 3. The van der Waals surface area contributed by atoms with Crippen LogP contribution in [0.3, 0.4) is 0 Å². The summed E-state index contributed by atoms with van der Waals surface area (Å²) in [6, 6.07) is 9.83. The van der Waals surface area contributed by atoms with Crippen LogP contribution in [-0.2, 0) is 11.2 Å². The zero-order valence-electron chi connectivity index (χ0n) is 10.0. The van der Waals surface area contributed by atoms with E-state index in [0.29, 0.717) is 18.6 Å². The van der Waals surface area contributed by atoms with Crippen molar-refractivity contribution in [2.24, 2.45) is 0 Å². The Balaban J connectivity index is 0. The van der Waals surface area contributed by atoms with Gasteiger partial charge in [-0.3, -0.25) is 4.79 Å². The monoisotopic (exact) mass is 264 g/mol. The molecule has 0 fully saturated rings. The summed E-state index contributed by atoms with van der Waals surface area (Å²) in [7, 11) is 0. The van der Waals surface area contributed by atoms with Gasteiger partial charge in [0.25, 0.3) is 0 Å². The van der Waals surface area contributed by atoms with Gasteiger partial charge in [-0.25, -0.2) is 0 Å². The van der Waals surface area contributed by atoms with Crippen molar-refractivity contribution >= 4 is 35.3 Å². The van der Waals surface area contributed by atoms with Gasteiger partial charge in [-0.2, -0.15) is 0 Å². The van der Waals surface area contributed by atoms with Crippen molar-refractivity contribution in [1.29, 1.82) is 0 Å². The van der Waals surface area contributed by atoms with Crippen LogP contribution in [0.25, 0.3) is 0 Å². The first-order valence-corrected chi connectivity index (χ1v) is 5.59. The maximum absolute atomic E-state index is 11.0. The molecule has 0 amide bonds. The third kappa shape index (κ3) is 10.9. The molecule has 0 bridgehead atoms. The van der Waals surface area contributed by atoms with E-state index in [4.69, 9.17) is 15.3 Å².